The molecule has 5 heteroatoms. The van der Waals surface area contributed by atoms with Crippen LogP contribution < -0.4 is 5.73 Å². The molecule has 0 saturated carbocycles. The largest absolute Gasteiger partial charge is 0.328 e. The van der Waals surface area contributed by atoms with Crippen molar-refractivity contribution in [3.63, 3.8) is 0 Å². The lowest BCUT2D eigenvalue weighted by atomic mass is 10.1. The summed E-state index contributed by atoms with van der Waals surface area (Å²) < 4.78 is 0.711. The molecule has 0 heterocycles. The zero-order valence-electron chi connectivity index (χ0n) is 7.74. The summed E-state index contributed by atoms with van der Waals surface area (Å²) in [5.41, 5.74) is 6.58. The molecule has 0 aliphatic rings. The molecule has 0 unspecified atom stereocenters. The highest BCUT2D eigenvalue weighted by Gasteiger charge is 2.09. The molecule has 0 saturated heterocycles. The maximum Gasteiger partial charge on any atom is 0.270 e. The van der Waals surface area contributed by atoms with Crippen molar-refractivity contribution in [3.05, 3.63) is 38.3 Å². The normalized spacial score (nSPS) is 12.5. The van der Waals surface area contributed by atoms with Crippen molar-refractivity contribution in [2.75, 3.05) is 0 Å². The second-order valence-corrected chi connectivity index (χ2v) is 4.17. The van der Waals surface area contributed by atoms with Crippen molar-refractivity contribution in [1.82, 2.24) is 0 Å². The Hall–Kier alpha value is -0.940. The zero-order chi connectivity index (χ0) is 10.7. The Bertz CT molecular complexity index is 353. The van der Waals surface area contributed by atoms with Gasteiger partial charge in [-0.05, 0) is 25.0 Å². The number of nitrogens with two attached hydrogens (primary N) is 1. The van der Waals surface area contributed by atoms with Gasteiger partial charge in [-0.1, -0.05) is 15.9 Å². The van der Waals surface area contributed by atoms with Crippen LogP contribution in [0.1, 0.15) is 12.5 Å². The standard InChI is InChI=1S/C9H11BrN2O2/c1-6(11)2-7-3-8(10)5-9(4-7)12(13)14/h3-6H,2,11H2,1H3/t6-/m1/s1. The fourth-order valence-electron chi connectivity index (χ4n) is 1.23. The Morgan fingerprint density at radius 3 is 2.71 bits per heavy atom. The Labute approximate surface area is 90.4 Å². The third kappa shape index (κ3) is 3.08. The van der Waals surface area contributed by atoms with Gasteiger partial charge in [0.05, 0.1) is 4.92 Å². The number of non-ortho nitro benzene ring substituents is 1. The van der Waals surface area contributed by atoms with Gasteiger partial charge in [0.15, 0.2) is 0 Å². The first kappa shape index (κ1) is 11.1. The van der Waals surface area contributed by atoms with Gasteiger partial charge in [-0.25, -0.2) is 0 Å². The minimum Gasteiger partial charge on any atom is -0.328 e. The Morgan fingerprint density at radius 2 is 2.21 bits per heavy atom. The van der Waals surface area contributed by atoms with Crippen LogP contribution in [0.25, 0.3) is 0 Å². The number of halogens is 1. The van der Waals surface area contributed by atoms with Crippen LogP contribution in [0, 0.1) is 10.1 Å². The van der Waals surface area contributed by atoms with E-state index in [1.807, 2.05) is 13.0 Å². The third-order valence-corrected chi connectivity index (χ3v) is 2.17. The molecule has 0 spiro atoms. The van der Waals surface area contributed by atoms with Crippen LogP contribution in [0.15, 0.2) is 22.7 Å². The van der Waals surface area contributed by atoms with Gasteiger partial charge in [0, 0.05) is 22.6 Å². The van der Waals surface area contributed by atoms with Crippen LogP contribution in [0.2, 0.25) is 0 Å². The van der Waals surface area contributed by atoms with Crippen LogP contribution >= 0.6 is 15.9 Å². The Morgan fingerprint density at radius 1 is 1.57 bits per heavy atom. The highest BCUT2D eigenvalue weighted by Crippen LogP contribution is 2.21. The number of hydrogen-bond acceptors (Lipinski definition) is 3. The van der Waals surface area contributed by atoms with Crippen molar-refractivity contribution in [2.45, 2.75) is 19.4 Å². The second-order valence-electron chi connectivity index (χ2n) is 3.26. The Balaban J connectivity index is 3.01. The molecule has 76 valence electrons. The van der Waals surface area contributed by atoms with Gasteiger partial charge in [-0.15, -0.1) is 0 Å². The molecular weight excluding hydrogens is 248 g/mol. The summed E-state index contributed by atoms with van der Waals surface area (Å²) in [7, 11) is 0. The smallest absolute Gasteiger partial charge is 0.270 e. The average Bonchev–Trinajstić information content (AvgIpc) is 2.01. The predicted molar refractivity (Wildman–Crippen MR) is 58.1 cm³/mol. The molecule has 0 radical (unpaired) electrons. The van der Waals surface area contributed by atoms with E-state index < -0.39 is 4.92 Å². The van der Waals surface area contributed by atoms with E-state index >= 15 is 0 Å². The lowest BCUT2D eigenvalue weighted by molar-refractivity contribution is -0.385. The van der Waals surface area contributed by atoms with E-state index in [1.165, 1.54) is 6.07 Å². The number of nitro groups is 1. The van der Waals surface area contributed by atoms with Crippen LogP contribution in [0.3, 0.4) is 0 Å². The topological polar surface area (TPSA) is 69.2 Å². The molecular formula is C9H11BrN2O2. The maximum atomic E-state index is 10.5. The van der Waals surface area contributed by atoms with Crippen LogP contribution in [-0.4, -0.2) is 11.0 Å². The molecule has 0 aromatic heterocycles. The van der Waals surface area contributed by atoms with Gasteiger partial charge in [0.1, 0.15) is 0 Å². The fourth-order valence-corrected chi connectivity index (χ4v) is 1.76. The van der Waals surface area contributed by atoms with Gasteiger partial charge in [0.2, 0.25) is 0 Å². The molecule has 1 aromatic carbocycles. The SMILES string of the molecule is C[C@@H](N)Cc1cc(Br)cc([N+](=O)[O-])c1. The summed E-state index contributed by atoms with van der Waals surface area (Å²) in [6.45, 7) is 1.87. The van der Waals surface area contributed by atoms with Gasteiger partial charge in [0.25, 0.3) is 5.69 Å². The van der Waals surface area contributed by atoms with Crippen molar-refractivity contribution in [2.24, 2.45) is 5.73 Å². The van der Waals surface area contributed by atoms with E-state index in [0.717, 1.165) is 5.56 Å². The van der Waals surface area contributed by atoms with Crippen molar-refractivity contribution in [1.29, 1.82) is 0 Å². The first-order valence-corrected chi connectivity index (χ1v) is 4.98. The summed E-state index contributed by atoms with van der Waals surface area (Å²) in [6.07, 6.45) is 0.639. The number of hydrogen-bond donors (Lipinski definition) is 1. The minimum atomic E-state index is -0.407. The number of nitro benzene ring substituents is 1. The zero-order valence-corrected chi connectivity index (χ0v) is 9.32. The predicted octanol–water partition coefficient (Wildman–Crippen LogP) is 2.25. The summed E-state index contributed by atoms with van der Waals surface area (Å²) >= 11 is 3.23. The van der Waals surface area contributed by atoms with Gasteiger partial charge in [-0.3, -0.25) is 10.1 Å². The summed E-state index contributed by atoms with van der Waals surface area (Å²) in [5, 5.41) is 10.5. The molecule has 14 heavy (non-hydrogen) atoms. The van der Waals surface area contributed by atoms with Crippen molar-refractivity contribution < 1.29 is 4.92 Å². The van der Waals surface area contributed by atoms with Gasteiger partial charge in [-0.2, -0.15) is 0 Å². The minimum absolute atomic E-state index is 0.00361. The van der Waals surface area contributed by atoms with Crippen molar-refractivity contribution >= 4 is 21.6 Å². The molecule has 0 aliphatic carbocycles. The van der Waals surface area contributed by atoms with E-state index in [9.17, 15) is 10.1 Å². The number of nitrogens with zero attached hydrogens (tertiary/aromatic N) is 1. The monoisotopic (exact) mass is 258 g/mol. The van der Waals surface area contributed by atoms with E-state index in [-0.39, 0.29) is 11.7 Å². The first-order chi connectivity index (χ1) is 6.49. The Kier molecular flexibility index (Phi) is 3.60. The number of benzene rings is 1. The van der Waals surface area contributed by atoms with Gasteiger partial charge >= 0.3 is 0 Å². The average molecular weight is 259 g/mol. The lowest BCUT2D eigenvalue weighted by Gasteiger charge is -2.05. The molecule has 1 rings (SSSR count). The van der Waals surface area contributed by atoms with Crippen molar-refractivity contribution in [3.8, 4) is 0 Å². The molecule has 0 bridgehead atoms. The molecule has 4 nitrogen and oxygen atoms in total. The molecule has 0 fully saturated rings. The van der Waals surface area contributed by atoms with E-state index in [1.54, 1.807) is 6.07 Å². The number of rotatable bonds is 3. The molecule has 0 amide bonds. The quantitative estimate of drug-likeness (QED) is 0.668. The summed E-state index contributed by atoms with van der Waals surface area (Å²) in [5.74, 6) is 0. The van der Waals surface area contributed by atoms with Crippen LogP contribution in [0.4, 0.5) is 5.69 Å². The first-order valence-electron chi connectivity index (χ1n) is 4.18. The van der Waals surface area contributed by atoms with E-state index in [4.69, 9.17) is 5.73 Å². The molecule has 0 aliphatic heterocycles. The van der Waals surface area contributed by atoms with Crippen LogP contribution in [0.5, 0.6) is 0 Å². The molecule has 2 N–H and O–H groups in total. The summed E-state index contributed by atoms with van der Waals surface area (Å²) in [4.78, 5) is 10.1. The molecule has 1 atom stereocenters. The van der Waals surface area contributed by atoms with E-state index in [0.29, 0.717) is 10.9 Å². The van der Waals surface area contributed by atoms with E-state index in [2.05, 4.69) is 15.9 Å². The maximum absolute atomic E-state index is 10.5. The highest BCUT2D eigenvalue weighted by molar-refractivity contribution is 9.10. The fraction of sp³-hybridized carbons (Fsp3) is 0.333. The summed E-state index contributed by atoms with van der Waals surface area (Å²) in [6, 6.07) is 4.87. The lowest BCUT2D eigenvalue weighted by Crippen LogP contribution is -2.17. The third-order valence-electron chi connectivity index (χ3n) is 1.71. The van der Waals surface area contributed by atoms with Crippen LogP contribution in [-0.2, 0) is 6.42 Å². The highest BCUT2D eigenvalue weighted by atomic mass is 79.9. The van der Waals surface area contributed by atoms with Gasteiger partial charge < -0.3 is 5.73 Å². The second kappa shape index (κ2) is 4.52. The molecule has 1 aromatic rings.